The molecule has 1 unspecified atom stereocenters. The lowest BCUT2D eigenvalue weighted by Gasteiger charge is -2.10. The lowest BCUT2D eigenvalue weighted by Crippen LogP contribution is -2.42. The number of carbonyl (C=O) groups excluding carboxylic acids is 2. The maximum absolute atomic E-state index is 11.6. The molecule has 0 saturated carbocycles. The summed E-state index contributed by atoms with van der Waals surface area (Å²) in [6.45, 7) is 1.43. The maximum atomic E-state index is 11.6. The van der Waals surface area contributed by atoms with E-state index in [1.165, 1.54) is 19.1 Å². The van der Waals surface area contributed by atoms with Gasteiger partial charge in [-0.25, -0.2) is 0 Å². The van der Waals surface area contributed by atoms with Gasteiger partial charge in [-0.1, -0.05) is 0 Å². The summed E-state index contributed by atoms with van der Waals surface area (Å²) >= 11 is 0. The van der Waals surface area contributed by atoms with Crippen LogP contribution in [0.3, 0.4) is 0 Å². The number of benzene rings is 1. The van der Waals surface area contributed by atoms with E-state index < -0.39 is 22.8 Å². The average molecular weight is 252 g/mol. The first kappa shape index (κ1) is 13.4. The minimum absolute atomic E-state index is 0.117. The first-order chi connectivity index (χ1) is 8.32. The molecule has 0 aliphatic heterocycles. The Morgan fingerprint density at radius 2 is 2.06 bits per heavy atom. The number of anilines is 1. The highest BCUT2D eigenvalue weighted by Crippen LogP contribution is 2.21. The van der Waals surface area contributed by atoms with E-state index in [4.69, 9.17) is 11.5 Å². The van der Waals surface area contributed by atoms with Crippen LogP contribution in [0.5, 0.6) is 0 Å². The molecular weight excluding hydrogens is 240 g/mol. The Hall–Kier alpha value is -2.64. The Morgan fingerprint density at radius 3 is 2.50 bits per heavy atom. The summed E-state index contributed by atoms with van der Waals surface area (Å²) in [7, 11) is 0. The largest absolute Gasteiger partial charge is 0.393 e. The van der Waals surface area contributed by atoms with E-state index in [9.17, 15) is 19.7 Å². The summed E-state index contributed by atoms with van der Waals surface area (Å²) in [5.74, 6) is -1.26. The lowest BCUT2D eigenvalue weighted by atomic mass is 10.1. The van der Waals surface area contributed by atoms with E-state index in [-0.39, 0.29) is 16.9 Å². The molecule has 8 nitrogen and oxygen atoms in total. The van der Waals surface area contributed by atoms with Crippen LogP contribution in [0.4, 0.5) is 11.4 Å². The van der Waals surface area contributed by atoms with Gasteiger partial charge in [0.1, 0.15) is 11.7 Å². The average Bonchev–Trinajstić information content (AvgIpc) is 2.27. The number of rotatable bonds is 4. The van der Waals surface area contributed by atoms with Crippen LogP contribution in [0.2, 0.25) is 0 Å². The quantitative estimate of drug-likeness (QED) is 0.386. The van der Waals surface area contributed by atoms with Crippen LogP contribution >= 0.6 is 0 Å². The van der Waals surface area contributed by atoms with E-state index in [2.05, 4.69) is 5.32 Å². The molecule has 0 heterocycles. The zero-order chi connectivity index (χ0) is 13.9. The monoisotopic (exact) mass is 252 g/mol. The molecule has 0 spiro atoms. The van der Waals surface area contributed by atoms with E-state index >= 15 is 0 Å². The van der Waals surface area contributed by atoms with E-state index in [0.717, 1.165) is 6.07 Å². The van der Waals surface area contributed by atoms with Gasteiger partial charge < -0.3 is 16.8 Å². The van der Waals surface area contributed by atoms with Crippen molar-refractivity contribution in [3.05, 3.63) is 33.9 Å². The lowest BCUT2D eigenvalue weighted by molar-refractivity contribution is -0.383. The number of nitrogens with one attached hydrogen (secondary N) is 1. The Morgan fingerprint density at radius 1 is 1.44 bits per heavy atom. The van der Waals surface area contributed by atoms with Crippen molar-refractivity contribution in [1.29, 1.82) is 0 Å². The summed E-state index contributed by atoms with van der Waals surface area (Å²) in [6.07, 6.45) is 0. The molecule has 0 aliphatic carbocycles. The van der Waals surface area contributed by atoms with Gasteiger partial charge in [0.15, 0.2) is 0 Å². The van der Waals surface area contributed by atoms with Crippen LogP contribution in [0, 0.1) is 10.1 Å². The van der Waals surface area contributed by atoms with Gasteiger partial charge >= 0.3 is 0 Å². The molecule has 2 amide bonds. The molecule has 0 aliphatic rings. The summed E-state index contributed by atoms with van der Waals surface area (Å²) < 4.78 is 0. The minimum atomic E-state index is -0.839. The van der Waals surface area contributed by atoms with Crippen molar-refractivity contribution >= 4 is 23.2 Å². The van der Waals surface area contributed by atoms with Crippen LogP contribution in [-0.2, 0) is 4.79 Å². The Labute approximate surface area is 102 Å². The number of nitro benzene ring substituents is 1. The van der Waals surface area contributed by atoms with Gasteiger partial charge in [-0.05, 0) is 19.1 Å². The van der Waals surface area contributed by atoms with Gasteiger partial charge in [-0.15, -0.1) is 0 Å². The number of primary amides is 1. The predicted molar refractivity (Wildman–Crippen MR) is 63.6 cm³/mol. The summed E-state index contributed by atoms with van der Waals surface area (Å²) in [6, 6.07) is 2.70. The number of amides is 2. The molecule has 1 rings (SSSR count). The highest BCUT2D eigenvalue weighted by atomic mass is 16.6. The smallest absolute Gasteiger partial charge is 0.292 e. The van der Waals surface area contributed by atoms with Gasteiger partial charge in [-0.3, -0.25) is 19.7 Å². The molecule has 1 atom stereocenters. The van der Waals surface area contributed by atoms with Crippen LogP contribution in [0.15, 0.2) is 18.2 Å². The summed E-state index contributed by atoms with van der Waals surface area (Å²) in [4.78, 5) is 32.3. The van der Waals surface area contributed by atoms with Crippen molar-refractivity contribution in [1.82, 2.24) is 5.32 Å². The molecule has 96 valence electrons. The number of carbonyl (C=O) groups is 2. The highest BCUT2D eigenvalue weighted by molar-refractivity contribution is 5.98. The highest BCUT2D eigenvalue weighted by Gasteiger charge is 2.17. The van der Waals surface area contributed by atoms with Crippen LogP contribution in [0.1, 0.15) is 17.3 Å². The zero-order valence-corrected chi connectivity index (χ0v) is 9.54. The molecule has 0 bridgehead atoms. The normalized spacial score (nSPS) is 11.6. The van der Waals surface area contributed by atoms with Gasteiger partial charge in [0, 0.05) is 11.6 Å². The van der Waals surface area contributed by atoms with Crippen molar-refractivity contribution in [2.75, 3.05) is 5.73 Å². The fourth-order valence-electron chi connectivity index (χ4n) is 1.21. The Bertz CT molecular complexity index is 515. The van der Waals surface area contributed by atoms with Crippen molar-refractivity contribution in [3.8, 4) is 0 Å². The first-order valence-corrected chi connectivity index (χ1v) is 4.97. The molecule has 1 aromatic rings. The second-order valence-electron chi connectivity index (χ2n) is 3.63. The van der Waals surface area contributed by atoms with Crippen molar-refractivity contribution in [3.63, 3.8) is 0 Å². The number of nitro groups is 1. The molecule has 18 heavy (non-hydrogen) atoms. The topological polar surface area (TPSA) is 141 Å². The minimum Gasteiger partial charge on any atom is -0.393 e. The van der Waals surface area contributed by atoms with Crippen molar-refractivity contribution in [2.45, 2.75) is 13.0 Å². The third-order valence-electron chi connectivity index (χ3n) is 2.26. The molecule has 8 heteroatoms. The van der Waals surface area contributed by atoms with Crippen LogP contribution < -0.4 is 16.8 Å². The predicted octanol–water partition coefficient (Wildman–Crippen LogP) is -0.219. The number of nitrogens with two attached hydrogens (primary N) is 2. The molecular formula is C10H12N4O4. The Kier molecular flexibility index (Phi) is 3.82. The molecule has 0 saturated heterocycles. The Balaban J connectivity index is 2.91. The number of nitrogen functional groups attached to an aromatic ring is 1. The fraction of sp³-hybridized carbons (Fsp3) is 0.200. The van der Waals surface area contributed by atoms with E-state index in [1.54, 1.807) is 0 Å². The van der Waals surface area contributed by atoms with E-state index in [0.29, 0.717) is 0 Å². The second kappa shape index (κ2) is 5.13. The van der Waals surface area contributed by atoms with Gasteiger partial charge in [0.25, 0.3) is 11.6 Å². The number of nitrogens with zero attached hydrogens (tertiary/aromatic N) is 1. The standard InChI is InChI=1S/C10H12N4O4/c1-5(9(12)15)13-10(16)6-2-3-8(14(17)18)7(11)4-6/h2-5H,11H2,1H3,(H2,12,15)(H,13,16). The summed E-state index contributed by atoms with van der Waals surface area (Å²) in [5.41, 5.74) is 10.1. The third kappa shape index (κ3) is 2.94. The van der Waals surface area contributed by atoms with Crippen molar-refractivity contribution in [2.24, 2.45) is 5.73 Å². The number of hydrogen-bond acceptors (Lipinski definition) is 5. The molecule has 0 aromatic heterocycles. The fourth-order valence-corrected chi connectivity index (χ4v) is 1.21. The molecule has 1 aromatic carbocycles. The third-order valence-corrected chi connectivity index (χ3v) is 2.26. The van der Waals surface area contributed by atoms with Gasteiger partial charge in [0.05, 0.1) is 4.92 Å². The number of hydrogen-bond donors (Lipinski definition) is 3. The van der Waals surface area contributed by atoms with E-state index in [1.807, 2.05) is 0 Å². The van der Waals surface area contributed by atoms with Crippen molar-refractivity contribution < 1.29 is 14.5 Å². The van der Waals surface area contributed by atoms with Crippen LogP contribution in [-0.4, -0.2) is 22.8 Å². The SMILES string of the molecule is CC(NC(=O)c1ccc([N+](=O)[O-])c(N)c1)C(N)=O. The van der Waals surface area contributed by atoms with Gasteiger partial charge in [-0.2, -0.15) is 0 Å². The molecule has 5 N–H and O–H groups in total. The van der Waals surface area contributed by atoms with Crippen LogP contribution in [0.25, 0.3) is 0 Å². The molecule has 0 radical (unpaired) electrons. The second-order valence-corrected chi connectivity index (χ2v) is 3.63. The first-order valence-electron chi connectivity index (χ1n) is 4.97. The zero-order valence-electron chi connectivity index (χ0n) is 9.54. The van der Waals surface area contributed by atoms with Gasteiger partial charge in [0.2, 0.25) is 5.91 Å². The maximum Gasteiger partial charge on any atom is 0.292 e. The molecule has 0 fully saturated rings. The summed E-state index contributed by atoms with van der Waals surface area (Å²) in [5, 5.41) is 12.9.